The number of nitrogens with zero attached hydrogens (tertiary/aromatic N) is 1. The number of benzene rings is 1. The number of pyridine rings is 1. The van der Waals surface area contributed by atoms with Gasteiger partial charge in [0.2, 0.25) is 12.7 Å². The van der Waals surface area contributed by atoms with Gasteiger partial charge < -0.3 is 19.5 Å². The Morgan fingerprint density at radius 2 is 2.24 bits per heavy atom. The molecule has 0 radical (unpaired) electrons. The number of hydrogen-bond acceptors (Lipinski definition) is 5. The average Bonchev–Trinajstić information content (AvgIpc) is 2.96. The highest BCUT2D eigenvalue weighted by Gasteiger charge is 2.17. The molecule has 1 aromatic heterocycles. The van der Waals surface area contributed by atoms with Gasteiger partial charge >= 0.3 is 0 Å². The highest BCUT2D eigenvalue weighted by atomic mass is 79.9. The molecule has 3 rings (SSSR count). The molecule has 2 heterocycles. The molecule has 0 aliphatic carbocycles. The lowest BCUT2D eigenvalue weighted by Crippen LogP contribution is -2.01. The van der Waals surface area contributed by atoms with Gasteiger partial charge in [-0.1, -0.05) is 0 Å². The molecule has 0 spiro atoms. The number of anilines is 1. The average molecular weight is 351 g/mol. The van der Waals surface area contributed by atoms with Gasteiger partial charge in [0.1, 0.15) is 0 Å². The summed E-state index contributed by atoms with van der Waals surface area (Å²) in [4.78, 5) is 4.22. The molecule has 2 aromatic rings. The molecule has 0 saturated heterocycles. The molecular weight excluding hydrogens is 336 g/mol. The fourth-order valence-electron chi connectivity index (χ4n) is 2.05. The minimum absolute atomic E-state index is 0.271. The van der Waals surface area contributed by atoms with Gasteiger partial charge in [0, 0.05) is 12.6 Å². The van der Waals surface area contributed by atoms with Crippen molar-refractivity contribution in [3.63, 3.8) is 0 Å². The number of aromatic nitrogens is 1. The quantitative estimate of drug-likeness (QED) is 0.892. The van der Waals surface area contributed by atoms with Crippen molar-refractivity contribution < 1.29 is 14.2 Å². The van der Waals surface area contributed by atoms with Crippen LogP contribution >= 0.6 is 15.9 Å². The highest BCUT2D eigenvalue weighted by molar-refractivity contribution is 9.10. The van der Waals surface area contributed by atoms with Crippen LogP contribution in [0.15, 0.2) is 34.9 Å². The third kappa shape index (κ3) is 3.21. The SMILES string of the molecule is CCOc1ccc(NCc2cc(Br)c3c(c2)OCO3)cn1. The number of hydrogen-bond donors (Lipinski definition) is 1. The standard InChI is InChI=1S/C15H15BrN2O3/c1-2-19-14-4-3-11(8-18-14)17-7-10-5-12(16)15-13(6-10)20-9-21-15/h3-6,8,17H,2,7,9H2,1H3. The fourth-order valence-corrected chi connectivity index (χ4v) is 2.65. The van der Waals surface area contributed by atoms with Crippen LogP contribution in [0.4, 0.5) is 5.69 Å². The summed E-state index contributed by atoms with van der Waals surface area (Å²) in [5.74, 6) is 2.17. The molecule has 0 atom stereocenters. The summed E-state index contributed by atoms with van der Waals surface area (Å²) < 4.78 is 17.0. The van der Waals surface area contributed by atoms with E-state index >= 15 is 0 Å². The molecule has 1 aliphatic rings. The number of fused-ring (bicyclic) bond motifs is 1. The predicted octanol–water partition coefficient (Wildman–Crippen LogP) is 3.58. The van der Waals surface area contributed by atoms with Crippen molar-refractivity contribution in [1.82, 2.24) is 4.98 Å². The fraction of sp³-hybridized carbons (Fsp3) is 0.267. The molecule has 1 aliphatic heterocycles. The minimum atomic E-state index is 0.271. The zero-order valence-electron chi connectivity index (χ0n) is 11.6. The van der Waals surface area contributed by atoms with Gasteiger partial charge in [0.15, 0.2) is 11.5 Å². The van der Waals surface area contributed by atoms with E-state index in [4.69, 9.17) is 14.2 Å². The van der Waals surface area contributed by atoms with E-state index < -0.39 is 0 Å². The minimum Gasteiger partial charge on any atom is -0.478 e. The summed E-state index contributed by atoms with van der Waals surface area (Å²) in [6.07, 6.45) is 1.76. The van der Waals surface area contributed by atoms with Gasteiger partial charge in [-0.3, -0.25) is 0 Å². The second kappa shape index (κ2) is 6.22. The summed E-state index contributed by atoms with van der Waals surface area (Å²) in [6.45, 7) is 3.49. The third-order valence-electron chi connectivity index (χ3n) is 3.01. The van der Waals surface area contributed by atoms with Crippen LogP contribution in [-0.4, -0.2) is 18.4 Å². The van der Waals surface area contributed by atoms with E-state index in [1.54, 1.807) is 6.20 Å². The van der Waals surface area contributed by atoms with Gasteiger partial charge in [-0.25, -0.2) is 4.98 Å². The van der Waals surface area contributed by atoms with Crippen molar-refractivity contribution in [1.29, 1.82) is 0 Å². The first-order chi connectivity index (χ1) is 10.3. The van der Waals surface area contributed by atoms with E-state index in [1.807, 2.05) is 31.2 Å². The van der Waals surface area contributed by atoms with E-state index in [-0.39, 0.29) is 6.79 Å². The summed E-state index contributed by atoms with van der Waals surface area (Å²) in [5, 5.41) is 3.31. The topological polar surface area (TPSA) is 52.6 Å². The lowest BCUT2D eigenvalue weighted by Gasteiger charge is -2.09. The summed E-state index contributed by atoms with van der Waals surface area (Å²) in [5.41, 5.74) is 2.03. The van der Waals surface area contributed by atoms with Crippen molar-refractivity contribution in [3.8, 4) is 17.4 Å². The molecule has 1 N–H and O–H groups in total. The van der Waals surface area contributed by atoms with Crippen LogP contribution in [-0.2, 0) is 6.54 Å². The van der Waals surface area contributed by atoms with Crippen molar-refractivity contribution in [3.05, 3.63) is 40.5 Å². The number of ether oxygens (including phenoxy) is 3. The Morgan fingerprint density at radius 1 is 1.33 bits per heavy atom. The summed E-state index contributed by atoms with van der Waals surface area (Å²) in [7, 11) is 0. The predicted molar refractivity (Wildman–Crippen MR) is 83.0 cm³/mol. The van der Waals surface area contributed by atoms with Crippen molar-refractivity contribution in [2.75, 3.05) is 18.7 Å². The van der Waals surface area contributed by atoms with Crippen molar-refractivity contribution in [2.24, 2.45) is 0 Å². The smallest absolute Gasteiger partial charge is 0.231 e. The van der Waals surface area contributed by atoms with Gasteiger partial charge in [-0.15, -0.1) is 0 Å². The van der Waals surface area contributed by atoms with Crippen LogP contribution in [0.1, 0.15) is 12.5 Å². The second-order valence-corrected chi connectivity index (χ2v) is 5.34. The molecule has 0 bridgehead atoms. The van der Waals surface area contributed by atoms with Gasteiger partial charge in [-0.05, 0) is 46.6 Å². The van der Waals surface area contributed by atoms with Crippen LogP contribution in [0.5, 0.6) is 17.4 Å². The summed E-state index contributed by atoms with van der Waals surface area (Å²) >= 11 is 3.49. The Balaban J connectivity index is 1.66. The Bertz CT molecular complexity index is 632. The van der Waals surface area contributed by atoms with Gasteiger partial charge in [-0.2, -0.15) is 0 Å². The van der Waals surface area contributed by atoms with E-state index in [1.165, 1.54) is 0 Å². The van der Waals surface area contributed by atoms with Gasteiger partial charge in [0.25, 0.3) is 0 Å². The molecule has 6 heteroatoms. The highest BCUT2D eigenvalue weighted by Crippen LogP contribution is 2.40. The second-order valence-electron chi connectivity index (χ2n) is 4.48. The van der Waals surface area contributed by atoms with Crippen LogP contribution in [0.25, 0.3) is 0 Å². The number of nitrogens with one attached hydrogen (secondary N) is 1. The zero-order valence-corrected chi connectivity index (χ0v) is 13.1. The maximum absolute atomic E-state index is 5.41. The largest absolute Gasteiger partial charge is 0.478 e. The lowest BCUT2D eigenvalue weighted by molar-refractivity contribution is 0.173. The molecule has 0 unspecified atom stereocenters. The lowest BCUT2D eigenvalue weighted by atomic mass is 10.2. The Morgan fingerprint density at radius 3 is 3.00 bits per heavy atom. The molecule has 110 valence electrons. The van der Waals surface area contributed by atoms with Crippen LogP contribution in [0.2, 0.25) is 0 Å². The van der Waals surface area contributed by atoms with Crippen LogP contribution < -0.4 is 19.5 Å². The molecule has 1 aromatic carbocycles. The van der Waals surface area contributed by atoms with Crippen LogP contribution in [0.3, 0.4) is 0 Å². The van der Waals surface area contributed by atoms with Gasteiger partial charge in [0.05, 0.1) is 23.0 Å². The molecular formula is C15H15BrN2O3. The normalized spacial score (nSPS) is 12.3. The monoisotopic (exact) mass is 350 g/mol. The molecule has 0 saturated carbocycles. The summed E-state index contributed by atoms with van der Waals surface area (Å²) in [6, 6.07) is 7.78. The van der Waals surface area contributed by atoms with Crippen molar-refractivity contribution >= 4 is 21.6 Å². The maximum Gasteiger partial charge on any atom is 0.231 e. The molecule has 21 heavy (non-hydrogen) atoms. The van der Waals surface area contributed by atoms with E-state index in [0.717, 1.165) is 27.2 Å². The molecule has 0 amide bonds. The van der Waals surface area contributed by atoms with Crippen LogP contribution in [0, 0.1) is 0 Å². The van der Waals surface area contributed by atoms with E-state index in [9.17, 15) is 0 Å². The van der Waals surface area contributed by atoms with E-state index in [2.05, 4.69) is 26.2 Å². The Kier molecular flexibility index (Phi) is 4.15. The van der Waals surface area contributed by atoms with E-state index in [0.29, 0.717) is 19.0 Å². The number of halogens is 1. The first-order valence-corrected chi connectivity index (χ1v) is 7.46. The maximum atomic E-state index is 5.41. The molecule has 0 fully saturated rings. The molecule has 5 nitrogen and oxygen atoms in total. The zero-order chi connectivity index (χ0) is 14.7. The Labute approximate surface area is 131 Å². The first-order valence-electron chi connectivity index (χ1n) is 6.67. The van der Waals surface area contributed by atoms with Crippen molar-refractivity contribution in [2.45, 2.75) is 13.5 Å². The third-order valence-corrected chi connectivity index (χ3v) is 3.60. The Hall–Kier alpha value is -1.95. The first kappa shape index (κ1) is 14.0. The number of rotatable bonds is 5.